The highest BCUT2D eigenvalue weighted by atomic mass is 14.3. The van der Waals surface area contributed by atoms with Crippen molar-refractivity contribution in [2.45, 2.75) is 0 Å². The molecule has 0 aliphatic carbocycles. The molecule has 0 fully saturated rings. The van der Waals surface area contributed by atoms with E-state index < -0.39 is 0 Å². The van der Waals surface area contributed by atoms with Crippen LogP contribution in [0.25, 0.3) is 120 Å². The monoisotopic (exact) mass is 783 g/mol. The van der Waals surface area contributed by atoms with Crippen molar-refractivity contribution in [3.8, 4) is 61.7 Å². The molecule has 0 unspecified atom stereocenters. The molecule has 0 aliphatic heterocycles. The van der Waals surface area contributed by atoms with Gasteiger partial charge in [0.2, 0.25) is 0 Å². The topological polar surface area (TPSA) is 23.8 Å². The zero-order chi connectivity index (χ0) is 41.1. The van der Waals surface area contributed by atoms with Crippen LogP contribution in [0.1, 0.15) is 5.56 Å². The number of fused-ring (bicyclic) bond motifs is 6. The van der Waals surface area contributed by atoms with Crippen molar-refractivity contribution < 1.29 is 0 Å². The minimum Gasteiger partial charge on any atom is -0.192 e. The molecule has 286 valence electrons. The largest absolute Gasteiger partial charge is 0.192 e. The minimum atomic E-state index is 0.663. The zero-order valence-electron chi connectivity index (χ0n) is 33.8. The molecule has 0 saturated heterocycles. The fourth-order valence-electron chi connectivity index (χ4n) is 10.1. The highest BCUT2D eigenvalue weighted by Gasteiger charge is 2.21. The molecule has 0 heterocycles. The van der Waals surface area contributed by atoms with E-state index in [1.165, 1.54) is 98.4 Å². The van der Waals surface area contributed by atoms with E-state index in [0.717, 1.165) is 21.9 Å². The first-order valence-electron chi connectivity index (χ1n) is 21.2. The second-order valence-corrected chi connectivity index (χ2v) is 16.3. The lowest BCUT2D eigenvalue weighted by molar-refractivity contribution is 1.50. The Bertz CT molecular complexity index is 3790. The molecule has 0 spiro atoms. The number of hydrogen-bond acceptors (Lipinski definition) is 1. The van der Waals surface area contributed by atoms with Gasteiger partial charge in [-0.3, -0.25) is 0 Å². The van der Waals surface area contributed by atoms with E-state index in [1.807, 2.05) is 18.2 Å². The molecule has 12 rings (SSSR count). The molecular formula is C61H37N. The fourth-order valence-corrected chi connectivity index (χ4v) is 10.1. The molecule has 1 nitrogen and oxygen atoms in total. The first kappa shape index (κ1) is 35.6. The smallest absolute Gasteiger partial charge is 0.0991 e. The third-order valence-corrected chi connectivity index (χ3v) is 12.8. The minimum absolute atomic E-state index is 0.663. The van der Waals surface area contributed by atoms with Crippen LogP contribution in [0.2, 0.25) is 0 Å². The van der Waals surface area contributed by atoms with Crippen LogP contribution >= 0.6 is 0 Å². The Hall–Kier alpha value is -8.31. The molecule has 0 aromatic heterocycles. The maximum absolute atomic E-state index is 9.76. The highest BCUT2D eigenvalue weighted by molar-refractivity contribution is 6.25. The molecule has 0 atom stereocenters. The van der Waals surface area contributed by atoms with Crippen LogP contribution in [0.5, 0.6) is 0 Å². The maximum atomic E-state index is 9.76. The second kappa shape index (κ2) is 14.5. The van der Waals surface area contributed by atoms with Gasteiger partial charge in [0.15, 0.2) is 0 Å². The summed E-state index contributed by atoms with van der Waals surface area (Å²) in [4.78, 5) is 0. The van der Waals surface area contributed by atoms with Crippen molar-refractivity contribution in [1.82, 2.24) is 0 Å². The summed E-state index contributed by atoms with van der Waals surface area (Å²) < 4.78 is 0. The number of nitriles is 1. The molecule has 12 aromatic carbocycles. The number of hydrogen-bond donors (Lipinski definition) is 0. The predicted octanol–water partition coefficient (Wildman–Crippen LogP) is 16.8. The van der Waals surface area contributed by atoms with E-state index in [1.54, 1.807) is 0 Å². The number of benzene rings is 12. The standard InChI is InChI=1S/C61H37N/c62-38-39-26-27-40-28-29-46(35-47(40)34-39)60-51-22-10-9-21-50(51)58(42-15-3-1-4-16-42)56-36-44(30-32-54(56)60)45-31-33-55-57(37-45)59(43-17-5-2-6-18-43)52-23-11-12-24-53(52)61(55)49-25-13-19-41-14-7-8-20-48(41)49/h1-37H. The van der Waals surface area contributed by atoms with Crippen LogP contribution in [0.15, 0.2) is 224 Å². The molecule has 0 N–H and O–H groups in total. The van der Waals surface area contributed by atoms with Gasteiger partial charge in [0.25, 0.3) is 0 Å². The summed E-state index contributed by atoms with van der Waals surface area (Å²) in [5.41, 5.74) is 12.7. The number of rotatable bonds is 5. The van der Waals surface area contributed by atoms with Gasteiger partial charge in [-0.15, -0.1) is 0 Å². The quantitative estimate of drug-likeness (QED) is 0.160. The van der Waals surface area contributed by atoms with Gasteiger partial charge >= 0.3 is 0 Å². The average Bonchev–Trinajstić information content (AvgIpc) is 3.34. The van der Waals surface area contributed by atoms with Crippen molar-refractivity contribution in [1.29, 1.82) is 5.26 Å². The van der Waals surface area contributed by atoms with Crippen molar-refractivity contribution in [2.24, 2.45) is 0 Å². The summed E-state index contributed by atoms with van der Waals surface area (Å²) in [5, 5.41) is 24.2. The molecule has 1 heteroatoms. The van der Waals surface area contributed by atoms with Gasteiger partial charge in [-0.1, -0.05) is 194 Å². The zero-order valence-corrected chi connectivity index (χ0v) is 33.8. The van der Waals surface area contributed by atoms with Crippen LogP contribution < -0.4 is 0 Å². The van der Waals surface area contributed by atoms with Crippen LogP contribution in [0.3, 0.4) is 0 Å². The van der Waals surface area contributed by atoms with Gasteiger partial charge in [-0.25, -0.2) is 0 Å². The lowest BCUT2D eigenvalue weighted by atomic mass is 9.83. The number of nitrogens with zero attached hydrogens (tertiary/aromatic N) is 1. The Labute approximate surface area is 360 Å². The van der Waals surface area contributed by atoms with E-state index >= 15 is 0 Å². The molecule has 12 aromatic rings. The van der Waals surface area contributed by atoms with Crippen LogP contribution in [0.4, 0.5) is 0 Å². The molecular weight excluding hydrogens is 747 g/mol. The summed E-state index contributed by atoms with van der Waals surface area (Å²) >= 11 is 0. The van der Waals surface area contributed by atoms with E-state index in [2.05, 4.69) is 212 Å². The van der Waals surface area contributed by atoms with Crippen LogP contribution in [0, 0.1) is 11.3 Å². The molecule has 0 amide bonds. The Morgan fingerprint density at radius 2 is 0.694 bits per heavy atom. The summed E-state index contributed by atoms with van der Waals surface area (Å²) in [6.45, 7) is 0. The Morgan fingerprint density at radius 1 is 0.242 bits per heavy atom. The van der Waals surface area contributed by atoms with Gasteiger partial charge in [0.1, 0.15) is 0 Å². The van der Waals surface area contributed by atoms with Gasteiger partial charge in [0.05, 0.1) is 11.6 Å². The second-order valence-electron chi connectivity index (χ2n) is 16.3. The summed E-state index contributed by atoms with van der Waals surface area (Å²) in [6, 6.07) is 84.0. The fraction of sp³-hybridized carbons (Fsp3) is 0. The van der Waals surface area contributed by atoms with Crippen LogP contribution in [-0.2, 0) is 0 Å². The third kappa shape index (κ3) is 5.70. The van der Waals surface area contributed by atoms with E-state index in [-0.39, 0.29) is 0 Å². The van der Waals surface area contributed by atoms with Crippen molar-refractivity contribution >= 4 is 64.6 Å². The van der Waals surface area contributed by atoms with Crippen molar-refractivity contribution in [2.75, 3.05) is 0 Å². The molecule has 0 radical (unpaired) electrons. The van der Waals surface area contributed by atoms with Gasteiger partial charge in [-0.2, -0.15) is 5.26 Å². The lowest BCUT2D eigenvalue weighted by Gasteiger charge is -2.20. The van der Waals surface area contributed by atoms with E-state index in [4.69, 9.17) is 0 Å². The highest BCUT2D eigenvalue weighted by Crippen LogP contribution is 2.48. The first-order chi connectivity index (χ1) is 30.7. The Balaban J connectivity index is 1.16. The molecule has 0 bridgehead atoms. The molecule has 0 saturated carbocycles. The SMILES string of the molecule is N#Cc1ccc2ccc(-c3c4ccccc4c(-c4ccccc4)c4cc(-c5ccc6c(-c7cccc8ccccc78)c7ccccc7c(-c7ccccc7)c6c5)ccc34)cc2c1. The third-order valence-electron chi connectivity index (χ3n) is 12.8. The summed E-state index contributed by atoms with van der Waals surface area (Å²) in [7, 11) is 0. The van der Waals surface area contributed by atoms with E-state index in [9.17, 15) is 5.26 Å². The average molecular weight is 784 g/mol. The maximum Gasteiger partial charge on any atom is 0.0991 e. The summed E-state index contributed by atoms with van der Waals surface area (Å²) in [5.74, 6) is 0. The Kier molecular flexibility index (Phi) is 8.30. The Morgan fingerprint density at radius 3 is 1.29 bits per heavy atom. The van der Waals surface area contributed by atoms with Gasteiger partial charge in [-0.05, 0) is 151 Å². The van der Waals surface area contributed by atoms with Crippen LogP contribution in [-0.4, -0.2) is 0 Å². The molecule has 62 heavy (non-hydrogen) atoms. The van der Waals surface area contributed by atoms with Gasteiger partial charge in [0, 0.05) is 0 Å². The molecule has 0 aliphatic rings. The predicted molar refractivity (Wildman–Crippen MR) is 263 cm³/mol. The van der Waals surface area contributed by atoms with Crippen molar-refractivity contribution in [3.05, 3.63) is 230 Å². The summed E-state index contributed by atoms with van der Waals surface area (Å²) in [6.07, 6.45) is 0. The normalized spacial score (nSPS) is 11.5. The van der Waals surface area contributed by atoms with Gasteiger partial charge < -0.3 is 0 Å². The lowest BCUT2D eigenvalue weighted by Crippen LogP contribution is -1.93. The first-order valence-corrected chi connectivity index (χ1v) is 21.2. The van der Waals surface area contributed by atoms with Crippen molar-refractivity contribution in [3.63, 3.8) is 0 Å². The van der Waals surface area contributed by atoms with E-state index in [0.29, 0.717) is 5.56 Å².